The van der Waals surface area contributed by atoms with Gasteiger partial charge in [-0.05, 0) is 24.0 Å². The monoisotopic (exact) mass is 289 g/mol. The van der Waals surface area contributed by atoms with Gasteiger partial charge in [0.1, 0.15) is 5.82 Å². The first kappa shape index (κ1) is 15.7. The number of aromatic amines is 1. The van der Waals surface area contributed by atoms with E-state index in [1.165, 1.54) is 0 Å². The molecule has 1 heterocycles. The van der Waals surface area contributed by atoms with Crippen molar-refractivity contribution in [2.75, 3.05) is 6.61 Å². The van der Waals surface area contributed by atoms with Crippen LogP contribution >= 0.6 is 0 Å². The highest BCUT2D eigenvalue weighted by molar-refractivity contribution is 5.77. The van der Waals surface area contributed by atoms with Gasteiger partial charge in [0.15, 0.2) is 0 Å². The molecule has 2 rings (SSSR count). The summed E-state index contributed by atoms with van der Waals surface area (Å²) in [4.78, 5) is 19.3. The molecule has 0 aliphatic heterocycles. The van der Waals surface area contributed by atoms with Crippen molar-refractivity contribution in [1.29, 1.82) is 0 Å². The quantitative estimate of drug-likeness (QED) is 0.784. The maximum atomic E-state index is 12.0. The molecule has 0 saturated heterocycles. The van der Waals surface area contributed by atoms with Gasteiger partial charge in [-0.3, -0.25) is 4.79 Å². The first-order valence-electron chi connectivity index (χ1n) is 7.24. The maximum absolute atomic E-state index is 12.0. The Hall–Kier alpha value is -1.72. The van der Waals surface area contributed by atoms with E-state index in [-0.39, 0.29) is 23.6 Å². The van der Waals surface area contributed by atoms with Crippen molar-refractivity contribution < 1.29 is 5.11 Å². The Kier molecular flexibility index (Phi) is 4.75. The van der Waals surface area contributed by atoms with Crippen molar-refractivity contribution in [3.63, 3.8) is 0 Å². The molecular weight excluding hydrogens is 266 g/mol. The second kappa shape index (κ2) is 6.37. The van der Waals surface area contributed by atoms with E-state index in [4.69, 9.17) is 5.11 Å². The molecule has 0 aliphatic rings. The number of aliphatic hydroxyl groups is 1. The fourth-order valence-corrected chi connectivity index (χ4v) is 2.41. The number of nitrogens with one attached hydrogen (secondary N) is 2. The average Bonchev–Trinajstić information content (AvgIpc) is 2.42. The highest BCUT2D eigenvalue weighted by Gasteiger charge is 2.23. The fourth-order valence-electron chi connectivity index (χ4n) is 2.41. The largest absolute Gasteiger partial charge is 0.396 e. The number of aliphatic hydroxyl groups excluding tert-OH is 1. The fraction of sp³-hybridized carbons (Fsp3) is 0.500. The third-order valence-corrected chi connectivity index (χ3v) is 3.64. The number of para-hydroxylation sites is 1. The molecule has 21 heavy (non-hydrogen) atoms. The zero-order chi connectivity index (χ0) is 15.5. The summed E-state index contributed by atoms with van der Waals surface area (Å²) in [6, 6.07) is 7.45. The second-order valence-corrected chi connectivity index (χ2v) is 6.34. The third kappa shape index (κ3) is 3.89. The molecule has 0 saturated carbocycles. The SMILES string of the molecule is CC(C)(C)C(CCO)NCc1nc2ccccc2c(=O)[nH]1. The minimum absolute atomic E-state index is 0.0277. The molecule has 2 aromatic rings. The van der Waals surface area contributed by atoms with Gasteiger partial charge in [0.25, 0.3) is 5.56 Å². The Morgan fingerprint density at radius 3 is 2.71 bits per heavy atom. The van der Waals surface area contributed by atoms with E-state index in [1.54, 1.807) is 6.07 Å². The molecule has 0 fully saturated rings. The van der Waals surface area contributed by atoms with E-state index < -0.39 is 0 Å². The Labute approximate surface area is 124 Å². The van der Waals surface area contributed by atoms with E-state index in [9.17, 15) is 4.79 Å². The van der Waals surface area contributed by atoms with Crippen molar-refractivity contribution in [2.24, 2.45) is 5.41 Å². The van der Waals surface area contributed by atoms with Crippen LogP contribution < -0.4 is 10.9 Å². The third-order valence-electron chi connectivity index (χ3n) is 3.64. The van der Waals surface area contributed by atoms with Gasteiger partial charge in [-0.25, -0.2) is 4.98 Å². The number of nitrogens with zero attached hydrogens (tertiary/aromatic N) is 1. The van der Waals surface area contributed by atoms with Crippen molar-refractivity contribution in [3.05, 3.63) is 40.4 Å². The number of H-pyrrole nitrogens is 1. The highest BCUT2D eigenvalue weighted by atomic mass is 16.3. The van der Waals surface area contributed by atoms with Gasteiger partial charge >= 0.3 is 0 Å². The lowest BCUT2D eigenvalue weighted by Gasteiger charge is -2.31. The van der Waals surface area contributed by atoms with Gasteiger partial charge < -0.3 is 15.4 Å². The van der Waals surface area contributed by atoms with Gasteiger partial charge in [0, 0.05) is 12.6 Å². The molecule has 0 radical (unpaired) electrons. The molecule has 0 aliphatic carbocycles. The first-order chi connectivity index (χ1) is 9.91. The van der Waals surface area contributed by atoms with Crippen LogP contribution in [0.3, 0.4) is 0 Å². The normalized spacial score (nSPS) is 13.5. The van der Waals surface area contributed by atoms with E-state index in [1.807, 2.05) is 18.2 Å². The van der Waals surface area contributed by atoms with Crippen LogP contribution in [0.25, 0.3) is 10.9 Å². The molecule has 1 aromatic carbocycles. The van der Waals surface area contributed by atoms with Gasteiger partial charge in [-0.2, -0.15) is 0 Å². The van der Waals surface area contributed by atoms with Crippen LogP contribution in [0, 0.1) is 5.41 Å². The van der Waals surface area contributed by atoms with Crippen molar-refractivity contribution in [3.8, 4) is 0 Å². The number of hydrogen-bond acceptors (Lipinski definition) is 4. The Morgan fingerprint density at radius 1 is 1.33 bits per heavy atom. The lowest BCUT2D eigenvalue weighted by Crippen LogP contribution is -2.41. The average molecular weight is 289 g/mol. The van der Waals surface area contributed by atoms with E-state index in [0.29, 0.717) is 29.7 Å². The number of rotatable bonds is 5. The summed E-state index contributed by atoms with van der Waals surface area (Å²) in [6.45, 7) is 6.98. The molecule has 0 bridgehead atoms. The van der Waals surface area contributed by atoms with E-state index in [2.05, 4.69) is 36.1 Å². The number of aromatic nitrogens is 2. The maximum Gasteiger partial charge on any atom is 0.258 e. The molecule has 5 nitrogen and oxygen atoms in total. The molecule has 5 heteroatoms. The molecule has 1 atom stereocenters. The van der Waals surface area contributed by atoms with E-state index in [0.717, 1.165) is 0 Å². The van der Waals surface area contributed by atoms with Gasteiger partial charge in [0.05, 0.1) is 17.4 Å². The summed E-state index contributed by atoms with van der Waals surface area (Å²) in [7, 11) is 0. The Bertz CT molecular complexity index is 658. The minimum Gasteiger partial charge on any atom is -0.396 e. The van der Waals surface area contributed by atoms with Crippen LogP contribution in [0.4, 0.5) is 0 Å². The highest BCUT2D eigenvalue weighted by Crippen LogP contribution is 2.21. The predicted octanol–water partition coefficient (Wildman–Crippen LogP) is 1.81. The second-order valence-electron chi connectivity index (χ2n) is 6.34. The molecule has 3 N–H and O–H groups in total. The van der Waals surface area contributed by atoms with Crippen LogP contribution in [-0.4, -0.2) is 27.7 Å². The van der Waals surface area contributed by atoms with Crippen LogP contribution in [0.1, 0.15) is 33.0 Å². The molecule has 1 aromatic heterocycles. The molecular formula is C16H23N3O2. The van der Waals surface area contributed by atoms with Crippen LogP contribution in [0.15, 0.2) is 29.1 Å². The zero-order valence-corrected chi connectivity index (χ0v) is 12.8. The lowest BCUT2D eigenvalue weighted by atomic mass is 9.85. The predicted molar refractivity (Wildman–Crippen MR) is 84.1 cm³/mol. The molecule has 0 amide bonds. The first-order valence-corrected chi connectivity index (χ1v) is 7.24. The van der Waals surface area contributed by atoms with Gasteiger partial charge in [-0.1, -0.05) is 32.9 Å². The van der Waals surface area contributed by atoms with Crippen molar-refractivity contribution in [2.45, 2.75) is 39.8 Å². The minimum atomic E-state index is -0.119. The zero-order valence-electron chi connectivity index (χ0n) is 12.8. The Balaban J connectivity index is 2.18. The van der Waals surface area contributed by atoms with Crippen LogP contribution in [0.2, 0.25) is 0 Å². The van der Waals surface area contributed by atoms with Gasteiger partial charge in [0.2, 0.25) is 0 Å². The van der Waals surface area contributed by atoms with Gasteiger partial charge in [-0.15, -0.1) is 0 Å². The Morgan fingerprint density at radius 2 is 2.05 bits per heavy atom. The number of hydrogen-bond donors (Lipinski definition) is 3. The smallest absolute Gasteiger partial charge is 0.258 e. The summed E-state index contributed by atoms with van der Waals surface area (Å²) in [5.74, 6) is 0.617. The van der Waals surface area contributed by atoms with Crippen LogP contribution in [-0.2, 0) is 6.54 Å². The van der Waals surface area contributed by atoms with E-state index >= 15 is 0 Å². The molecule has 0 spiro atoms. The van der Waals surface area contributed by atoms with Crippen molar-refractivity contribution in [1.82, 2.24) is 15.3 Å². The van der Waals surface area contributed by atoms with Crippen LogP contribution in [0.5, 0.6) is 0 Å². The summed E-state index contributed by atoms with van der Waals surface area (Å²) in [6.07, 6.45) is 0.668. The topological polar surface area (TPSA) is 78.0 Å². The lowest BCUT2D eigenvalue weighted by molar-refractivity contribution is 0.195. The number of fused-ring (bicyclic) bond motifs is 1. The summed E-state index contributed by atoms with van der Waals surface area (Å²) < 4.78 is 0. The van der Waals surface area contributed by atoms with Crippen molar-refractivity contribution >= 4 is 10.9 Å². The molecule has 114 valence electrons. The summed E-state index contributed by atoms with van der Waals surface area (Å²) in [5.41, 5.74) is 0.610. The summed E-state index contributed by atoms with van der Waals surface area (Å²) in [5, 5.41) is 13.1. The number of benzene rings is 1. The summed E-state index contributed by atoms with van der Waals surface area (Å²) >= 11 is 0. The molecule has 1 unspecified atom stereocenters. The standard InChI is InChI=1S/C16H23N3O2/c1-16(2,3)13(8-9-20)17-10-14-18-12-7-5-4-6-11(12)15(21)19-14/h4-7,13,17,20H,8-10H2,1-3H3,(H,18,19,21).